The first-order valence-electron chi connectivity index (χ1n) is 13.1. The van der Waals surface area contributed by atoms with Crippen molar-refractivity contribution in [2.45, 2.75) is 44.1 Å². The Bertz CT molecular complexity index is 930. The Morgan fingerprint density at radius 3 is 2.61 bits per heavy atom. The molecule has 5 heterocycles. The predicted molar refractivity (Wildman–Crippen MR) is 129 cm³/mol. The molecule has 5 aliphatic rings. The minimum absolute atomic E-state index is 0.132. The molecule has 0 aromatic carbocycles. The average molecular weight is 504 g/mol. The highest BCUT2D eigenvalue weighted by molar-refractivity contribution is 5.99. The maximum atomic E-state index is 14.2. The number of ether oxygens (including phenoxy) is 3. The van der Waals surface area contributed by atoms with Crippen LogP contribution in [0.1, 0.15) is 20.3 Å². The number of morpholine rings is 1. The first kappa shape index (κ1) is 25.4. The van der Waals surface area contributed by atoms with Crippen LogP contribution in [0, 0.1) is 17.8 Å². The summed E-state index contributed by atoms with van der Waals surface area (Å²) in [6.45, 7) is 8.49. The van der Waals surface area contributed by atoms with E-state index in [2.05, 4.69) is 4.90 Å². The predicted octanol–water partition coefficient (Wildman–Crippen LogP) is -0.182. The third-order valence-corrected chi connectivity index (χ3v) is 8.07. The van der Waals surface area contributed by atoms with Gasteiger partial charge in [0.15, 0.2) is 0 Å². The number of rotatable bonds is 7. The van der Waals surface area contributed by atoms with Crippen molar-refractivity contribution in [2.24, 2.45) is 17.8 Å². The van der Waals surface area contributed by atoms with Crippen LogP contribution in [-0.2, 0) is 28.6 Å². The Balaban J connectivity index is 1.50. The van der Waals surface area contributed by atoms with Gasteiger partial charge in [0.05, 0.1) is 37.9 Å². The average Bonchev–Trinajstić information content (AvgIpc) is 3.17. The third kappa shape index (κ3) is 4.27. The summed E-state index contributed by atoms with van der Waals surface area (Å²) in [5.74, 6) is -2.55. The van der Waals surface area contributed by atoms with Crippen molar-refractivity contribution in [3.8, 4) is 0 Å². The number of likely N-dealkylation sites (tertiary alicyclic amines) is 1. The molecule has 0 radical (unpaired) electrons. The second kappa shape index (κ2) is 10.2. The van der Waals surface area contributed by atoms with Crippen molar-refractivity contribution >= 4 is 17.8 Å². The minimum atomic E-state index is -1.29. The summed E-state index contributed by atoms with van der Waals surface area (Å²) < 4.78 is 17.3. The Hall–Kier alpha value is -2.27. The monoisotopic (exact) mass is 503 g/mol. The number of nitrogens with zero attached hydrogens (tertiary/aromatic N) is 3. The van der Waals surface area contributed by atoms with Gasteiger partial charge in [-0.25, -0.2) is 0 Å². The van der Waals surface area contributed by atoms with Crippen molar-refractivity contribution in [1.29, 1.82) is 0 Å². The number of hydrogen-bond acceptors (Lipinski definition) is 8. The number of amides is 2. The van der Waals surface area contributed by atoms with Crippen LogP contribution < -0.4 is 0 Å². The summed E-state index contributed by atoms with van der Waals surface area (Å²) in [7, 11) is 0. The second-order valence-electron chi connectivity index (χ2n) is 10.8. The first-order valence-corrected chi connectivity index (χ1v) is 13.1. The third-order valence-electron chi connectivity index (χ3n) is 8.07. The summed E-state index contributed by atoms with van der Waals surface area (Å²) in [5.41, 5.74) is -1.29. The molecule has 6 atom stereocenters. The van der Waals surface area contributed by atoms with E-state index in [1.165, 1.54) is 4.90 Å². The molecule has 0 bridgehead atoms. The van der Waals surface area contributed by atoms with Crippen LogP contribution >= 0.6 is 0 Å². The number of hydrogen-bond donors (Lipinski definition) is 1. The zero-order valence-corrected chi connectivity index (χ0v) is 21.1. The van der Waals surface area contributed by atoms with Crippen molar-refractivity contribution in [2.75, 3.05) is 59.2 Å². The normalized spacial score (nSPS) is 35.4. The van der Waals surface area contributed by atoms with Crippen LogP contribution in [0.15, 0.2) is 24.3 Å². The standard InChI is InChI=1S/C26H37N3O7/c1-17(2)15-18(16-30)29-22-24(32)28(9-8-27-10-13-34-14-11-27)7-4-6-26(22)21(23(29)31)20-19(36-26)5-3-12-35-25(20)33/h3-6,17-22,30H,7-16H2,1-2H3/t18-,19+,20-,21+,22?,26+/m1/s1. The van der Waals surface area contributed by atoms with Crippen molar-refractivity contribution in [3.63, 3.8) is 0 Å². The SMILES string of the molecule is CC(C)C[C@H](CO)N1C(=O)[C@@H]2[C@@H]3C(=O)OCC=C[C@@H]3O[C@@]23C=CCN(CCN2CCOCC2)C(=O)C13. The maximum Gasteiger partial charge on any atom is 0.313 e. The van der Waals surface area contributed by atoms with Crippen LogP contribution in [0.4, 0.5) is 0 Å². The van der Waals surface area contributed by atoms with Gasteiger partial charge < -0.3 is 29.1 Å². The van der Waals surface area contributed by atoms with Gasteiger partial charge in [0.1, 0.15) is 24.2 Å². The molecular formula is C26H37N3O7. The Morgan fingerprint density at radius 1 is 1.11 bits per heavy atom. The van der Waals surface area contributed by atoms with E-state index in [-0.39, 0.29) is 30.9 Å². The van der Waals surface area contributed by atoms with Crippen LogP contribution in [0.2, 0.25) is 0 Å². The fourth-order valence-corrected chi connectivity index (χ4v) is 6.46. The first-order chi connectivity index (χ1) is 17.4. The van der Waals surface area contributed by atoms with E-state index in [4.69, 9.17) is 14.2 Å². The number of carbonyl (C=O) groups is 3. The topological polar surface area (TPSA) is 109 Å². The van der Waals surface area contributed by atoms with Crippen LogP contribution in [0.5, 0.6) is 0 Å². The summed E-state index contributed by atoms with van der Waals surface area (Å²) in [6, 6.07) is -1.51. The van der Waals surface area contributed by atoms with Gasteiger partial charge in [-0.1, -0.05) is 32.1 Å². The fraction of sp³-hybridized carbons (Fsp3) is 0.731. The number of esters is 1. The molecule has 0 aromatic heterocycles. The van der Waals surface area contributed by atoms with Gasteiger partial charge >= 0.3 is 5.97 Å². The molecule has 2 amide bonds. The molecule has 10 heteroatoms. The Labute approximate surface area is 211 Å². The summed E-state index contributed by atoms with van der Waals surface area (Å²) in [6.07, 6.45) is 7.10. The molecule has 5 rings (SSSR count). The van der Waals surface area contributed by atoms with E-state index in [0.717, 1.165) is 13.1 Å². The zero-order chi connectivity index (χ0) is 25.4. The van der Waals surface area contributed by atoms with E-state index >= 15 is 0 Å². The zero-order valence-electron chi connectivity index (χ0n) is 21.1. The molecule has 1 spiro atoms. The number of aliphatic hydroxyl groups excluding tert-OH is 1. The van der Waals surface area contributed by atoms with E-state index in [0.29, 0.717) is 39.3 Å². The van der Waals surface area contributed by atoms with Crippen molar-refractivity contribution in [1.82, 2.24) is 14.7 Å². The molecule has 0 aromatic rings. The highest BCUT2D eigenvalue weighted by Gasteiger charge is 2.72. The smallest absolute Gasteiger partial charge is 0.313 e. The Morgan fingerprint density at radius 2 is 1.89 bits per heavy atom. The lowest BCUT2D eigenvalue weighted by atomic mass is 9.78. The van der Waals surface area contributed by atoms with Gasteiger partial charge in [0.25, 0.3) is 0 Å². The number of carbonyl (C=O) groups excluding carboxylic acids is 3. The number of cyclic esters (lactones) is 1. The van der Waals surface area contributed by atoms with E-state index in [1.54, 1.807) is 17.1 Å². The van der Waals surface area contributed by atoms with Gasteiger partial charge in [0.2, 0.25) is 11.8 Å². The molecule has 10 nitrogen and oxygen atoms in total. The molecule has 1 unspecified atom stereocenters. The number of aliphatic hydroxyl groups is 1. The molecule has 3 fully saturated rings. The lowest BCUT2D eigenvalue weighted by molar-refractivity contribution is -0.155. The molecule has 36 heavy (non-hydrogen) atoms. The van der Waals surface area contributed by atoms with Crippen LogP contribution in [-0.4, -0.2) is 121 Å². The van der Waals surface area contributed by atoms with Gasteiger partial charge in [-0.2, -0.15) is 0 Å². The molecule has 3 saturated heterocycles. The lowest BCUT2D eigenvalue weighted by Gasteiger charge is -2.39. The Kier molecular flexibility index (Phi) is 7.22. The van der Waals surface area contributed by atoms with E-state index < -0.39 is 41.6 Å². The quantitative estimate of drug-likeness (QED) is 0.377. The molecule has 0 saturated carbocycles. The second-order valence-corrected chi connectivity index (χ2v) is 10.8. The van der Waals surface area contributed by atoms with E-state index in [9.17, 15) is 19.5 Å². The molecule has 198 valence electrons. The van der Waals surface area contributed by atoms with Gasteiger partial charge in [-0.05, 0) is 18.4 Å². The highest BCUT2D eigenvalue weighted by atomic mass is 16.6. The molecule has 0 aliphatic carbocycles. The van der Waals surface area contributed by atoms with Gasteiger partial charge in [0, 0.05) is 32.7 Å². The summed E-state index contributed by atoms with van der Waals surface area (Å²) >= 11 is 0. The van der Waals surface area contributed by atoms with Crippen LogP contribution in [0.25, 0.3) is 0 Å². The maximum absolute atomic E-state index is 14.2. The number of fused-ring (bicyclic) bond motifs is 2. The summed E-state index contributed by atoms with van der Waals surface area (Å²) in [5, 5.41) is 10.3. The van der Waals surface area contributed by atoms with E-state index in [1.807, 2.05) is 26.0 Å². The van der Waals surface area contributed by atoms with Gasteiger partial charge in [-0.15, -0.1) is 0 Å². The molecule has 1 N–H and O–H groups in total. The van der Waals surface area contributed by atoms with Crippen LogP contribution in [0.3, 0.4) is 0 Å². The van der Waals surface area contributed by atoms with Gasteiger partial charge in [-0.3, -0.25) is 19.3 Å². The molecule has 5 aliphatic heterocycles. The largest absolute Gasteiger partial charge is 0.461 e. The molecular weight excluding hydrogens is 466 g/mol. The lowest BCUT2D eigenvalue weighted by Crippen LogP contribution is -2.59. The minimum Gasteiger partial charge on any atom is -0.461 e. The van der Waals surface area contributed by atoms with Crippen molar-refractivity contribution < 1.29 is 33.7 Å². The highest BCUT2D eigenvalue weighted by Crippen LogP contribution is 2.54. The fourth-order valence-electron chi connectivity index (χ4n) is 6.46. The summed E-state index contributed by atoms with van der Waals surface area (Å²) in [4.78, 5) is 46.8. The van der Waals surface area contributed by atoms with Crippen molar-refractivity contribution in [3.05, 3.63) is 24.3 Å².